The Bertz CT molecular complexity index is 475. The first kappa shape index (κ1) is 10.2. The highest BCUT2D eigenvalue weighted by Crippen LogP contribution is 2.27. The fourth-order valence-electron chi connectivity index (χ4n) is 1.99. The number of nitrogens with zero attached hydrogens (tertiary/aromatic N) is 2. The zero-order valence-electron chi connectivity index (χ0n) is 9.91. The fourth-order valence-corrected chi connectivity index (χ4v) is 1.99. The van der Waals surface area contributed by atoms with Gasteiger partial charge in [-0.3, -0.25) is 0 Å². The summed E-state index contributed by atoms with van der Waals surface area (Å²) < 4.78 is 2.09. The number of aryl methyl sites for hydroxylation is 1. The third-order valence-electron chi connectivity index (χ3n) is 2.82. The van der Waals surface area contributed by atoms with Crippen molar-refractivity contribution in [3.05, 3.63) is 35.9 Å². The molecule has 0 aliphatic rings. The minimum Gasteiger partial charge on any atom is -0.306 e. The van der Waals surface area contributed by atoms with E-state index in [4.69, 9.17) is 0 Å². The van der Waals surface area contributed by atoms with Crippen molar-refractivity contribution in [3.8, 4) is 0 Å². The van der Waals surface area contributed by atoms with Gasteiger partial charge in [-0.25, -0.2) is 4.98 Å². The van der Waals surface area contributed by atoms with Crippen molar-refractivity contribution >= 4 is 5.52 Å². The Morgan fingerprint density at radius 3 is 2.67 bits per heavy atom. The molecule has 0 bridgehead atoms. The molecule has 0 N–H and O–H groups in total. The Morgan fingerprint density at radius 2 is 2.07 bits per heavy atom. The number of rotatable bonds is 1. The Kier molecular flexibility index (Phi) is 2.29. The molecule has 0 radical (unpaired) electrons. The number of aromatic nitrogens is 2. The molecule has 2 nitrogen and oxygen atoms in total. The van der Waals surface area contributed by atoms with Crippen LogP contribution in [0.25, 0.3) is 5.52 Å². The van der Waals surface area contributed by atoms with E-state index < -0.39 is 0 Å². The van der Waals surface area contributed by atoms with Gasteiger partial charge in [0.05, 0.1) is 18.0 Å². The fraction of sp³-hybridized carbons (Fsp3) is 0.462. The predicted molar refractivity (Wildman–Crippen MR) is 63.3 cm³/mol. The lowest BCUT2D eigenvalue weighted by Gasteiger charge is -2.22. The maximum atomic E-state index is 4.16. The molecule has 0 fully saturated rings. The summed E-state index contributed by atoms with van der Waals surface area (Å²) in [5.74, 6) is 0. The van der Waals surface area contributed by atoms with Crippen LogP contribution >= 0.6 is 0 Å². The van der Waals surface area contributed by atoms with Crippen molar-refractivity contribution in [2.24, 2.45) is 0 Å². The lowest BCUT2D eigenvalue weighted by molar-refractivity contribution is 0.582. The smallest absolute Gasteiger partial charge is 0.0992 e. The summed E-state index contributed by atoms with van der Waals surface area (Å²) >= 11 is 0. The number of imidazole rings is 1. The molecular weight excluding hydrogens is 184 g/mol. The number of hydrogen-bond donors (Lipinski definition) is 0. The summed E-state index contributed by atoms with van der Waals surface area (Å²) in [5.41, 5.74) is 4.22. The molecule has 0 saturated carbocycles. The second-order valence-corrected chi connectivity index (χ2v) is 5.04. The molecule has 2 aromatic heterocycles. The van der Waals surface area contributed by atoms with Crippen LogP contribution in [0.3, 0.4) is 0 Å². The Labute approximate surface area is 91.0 Å². The van der Waals surface area contributed by atoms with Crippen molar-refractivity contribution in [1.82, 2.24) is 9.38 Å². The lowest BCUT2D eigenvalue weighted by atomic mass is 9.84. The van der Waals surface area contributed by atoms with Crippen molar-refractivity contribution < 1.29 is 0 Å². The predicted octanol–water partition coefficient (Wildman–Crippen LogP) is 3.19. The normalized spacial score (nSPS) is 12.3. The number of pyridine rings is 1. The molecule has 2 rings (SSSR count). The quantitative estimate of drug-likeness (QED) is 0.694. The van der Waals surface area contributed by atoms with Crippen LogP contribution < -0.4 is 0 Å². The molecule has 80 valence electrons. The van der Waals surface area contributed by atoms with Gasteiger partial charge in [-0.1, -0.05) is 27.7 Å². The summed E-state index contributed by atoms with van der Waals surface area (Å²) in [6.45, 7) is 8.98. The van der Waals surface area contributed by atoms with Crippen LogP contribution in [0.4, 0.5) is 0 Å². The van der Waals surface area contributed by atoms with E-state index in [2.05, 4.69) is 49.3 Å². The lowest BCUT2D eigenvalue weighted by Crippen LogP contribution is -2.14. The van der Waals surface area contributed by atoms with Crippen molar-refractivity contribution in [1.29, 1.82) is 0 Å². The molecule has 0 saturated heterocycles. The third kappa shape index (κ3) is 1.76. The topological polar surface area (TPSA) is 17.3 Å². The van der Waals surface area contributed by atoms with Gasteiger partial charge < -0.3 is 4.40 Å². The first-order chi connectivity index (χ1) is 7.02. The van der Waals surface area contributed by atoms with Crippen LogP contribution in [0.15, 0.2) is 24.8 Å². The minimum absolute atomic E-state index is 0.206. The van der Waals surface area contributed by atoms with E-state index >= 15 is 0 Å². The van der Waals surface area contributed by atoms with Gasteiger partial charge in [-0.05, 0) is 29.0 Å². The van der Waals surface area contributed by atoms with E-state index in [0.717, 1.165) is 6.42 Å². The van der Waals surface area contributed by atoms with E-state index in [9.17, 15) is 0 Å². The molecule has 2 heteroatoms. The Balaban J connectivity index is 2.70. The summed E-state index contributed by atoms with van der Waals surface area (Å²) in [6, 6.07) is 2.26. The average Bonchev–Trinajstić information content (AvgIpc) is 2.60. The average molecular weight is 202 g/mol. The third-order valence-corrected chi connectivity index (χ3v) is 2.82. The van der Waals surface area contributed by atoms with E-state index in [1.54, 1.807) is 0 Å². The molecule has 2 aromatic rings. The molecule has 0 aromatic carbocycles. The van der Waals surface area contributed by atoms with Crippen LogP contribution in [0.5, 0.6) is 0 Å². The highest BCUT2D eigenvalue weighted by molar-refractivity contribution is 5.51. The van der Waals surface area contributed by atoms with E-state index in [0.29, 0.717) is 0 Å². The maximum absolute atomic E-state index is 4.16. The molecule has 0 amide bonds. The first-order valence-electron chi connectivity index (χ1n) is 5.47. The standard InChI is InChI=1S/C13H18N2/c1-5-10-8-15-9-14-7-11(15)6-12(10)13(2,3)4/h6-9H,5H2,1-4H3. The SMILES string of the molecule is CCc1cn2cncc2cc1C(C)(C)C. The Morgan fingerprint density at radius 1 is 1.33 bits per heavy atom. The van der Waals surface area contributed by atoms with Crippen LogP contribution in [0, 0.1) is 0 Å². The van der Waals surface area contributed by atoms with Crippen molar-refractivity contribution in [3.63, 3.8) is 0 Å². The molecule has 0 unspecified atom stereocenters. The van der Waals surface area contributed by atoms with Crippen molar-refractivity contribution in [2.75, 3.05) is 0 Å². The monoisotopic (exact) mass is 202 g/mol. The largest absolute Gasteiger partial charge is 0.306 e. The first-order valence-corrected chi connectivity index (χ1v) is 5.47. The van der Waals surface area contributed by atoms with Gasteiger partial charge in [0.25, 0.3) is 0 Å². The van der Waals surface area contributed by atoms with Gasteiger partial charge in [0.1, 0.15) is 0 Å². The van der Waals surface area contributed by atoms with Crippen LogP contribution in [-0.2, 0) is 11.8 Å². The van der Waals surface area contributed by atoms with E-state index in [-0.39, 0.29) is 5.41 Å². The molecular formula is C13H18N2. The summed E-state index contributed by atoms with van der Waals surface area (Å²) in [4.78, 5) is 4.16. The van der Waals surface area contributed by atoms with Gasteiger partial charge in [-0.2, -0.15) is 0 Å². The number of fused-ring (bicyclic) bond motifs is 1. The summed E-state index contributed by atoms with van der Waals surface area (Å²) in [6.07, 6.45) is 7.04. The highest BCUT2D eigenvalue weighted by atomic mass is 15.0. The van der Waals surface area contributed by atoms with Gasteiger partial charge in [0, 0.05) is 6.20 Å². The molecule has 0 aliphatic carbocycles. The van der Waals surface area contributed by atoms with Gasteiger partial charge in [0.15, 0.2) is 0 Å². The van der Waals surface area contributed by atoms with Crippen LogP contribution in [0.2, 0.25) is 0 Å². The molecule has 15 heavy (non-hydrogen) atoms. The maximum Gasteiger partial charge on any atom is 0.0992 e. The zero-order chi connectivity index (χ0) is 11.1. The van der Waals surface area contributed by atoms with Crippen LogP contribution in [-0.4, -0.2) is 9.38 Å². The number of hydrogen-bond acceptors (Lipinski definition) is 1. The molecule has 0 atom stereocenters. The van der Waals surface area contributed by atoms with Crippen molar-refractivity contribution in [2.45, 2.75) is 39.5 Å². The van der Waals surface area contributed by atoms with E-state index in [1.165, 1.54) is 16.6 Å². The Hall–Kier alpha value is -1.31. The molecule has 0 aliphatic heterocycles. The second kappa shape index (κ2) is 3.37. The summed E-state index contributed by atoms with van der Waals surface area (Å²) in [7, 11) is 0. The van der Waals surface area contributed by atoms with Gasteiger partial charge in [-0.15, -0.1) is 0 Å². The summed E-state index contributed by atoms with van der Waals surface area (Å²) in [5, 5.41) is 0. The van der Waals surface area contributed by atoms with Crippen LogP contribution in [0.1, 0.15) is 38.8 Å². The van der Waals surface area contributed by atoms with Gasteiger partial charge >= 0.3 is 0 Å². The zero-order valence-corrected chi connectivity index (χ0v) is 9.91. The van der Waals surface area contributed by atoms with Gasteiger partial charge in [0.2, 0.25) is 0 Å². The highest BCUT2D eigenvalue weighted by Gasteiger charge is 2.17. The molecule has 0 spiro atoms. The second-order valence-electron chi connectivity index (χ2n) is 5.04. The van der Waals surface area contributed by atoms with E-state index in [1.807, 2.05) is 12.5 Å². The minimum atomic E-state index is 0.206. The molecule has 2 heterocycles.